The highest BCUT2D eigenvalue weighted by atomic mass is 35.5. The summed E-state index contributed by atoms with van der Waals surface area (Å²) in [6.07, 6.45) is 0.363. The molecule has 1 aromatic carbocycles. The van der Waals surface area contributed by atoms with Gasteiger partial charge in [-0.1, -0.05) is 11.6 Å². The summed E-state index contributed by atoms with van der Waals surface area (Å²) in [7, 11) is 0. The van der Waals surface area contributed by atoms with E-state index in [4.69, 9.17) is 11.6 Å². The van der Waals surface area contributed by atoms with Gasteiger partial charge in [-0.2, -0.15) is 0 Å². The van der Waals surface area contributed by atoms with Gasteiger partial charge in [0.05, 0.1) is 0 Å². The van der Waals surface area contributed by atoms with Gasteiger partial charge in [-0.05, 0) is 30.7 Å². The first-order valence-corrected chi connectivity index (χ1v) is 4.44. The summed E-state index contributed by atoms with van der Waals surface area (Å²) in [5, 5.41) is 10.3. The van der Waals surface area contributed by atoms with Gasteiger partial charge in [0.15, 0.2) is 5.78 Å². The SMILES string of the molecule is C[C@]1(O)Cc2cc(Cl)ccc2C1=O. The van der Waals surface area contributed by atoms with Crippen LogP contribution in [0.15, 0.2) is 18.2 Å². The van der Waals surface area contributed by atoms with Crippen LogP contribution in [0.1, 0.15) is 22.8 Å². The van der Waals surface area contributed by atoms with Gasteiger partial charge < -0.3 is 5.11 Å². The number of Topliss-reactive ketones (excluding diaryl/α,β-unsaturated/α-hetero) is 1. The van der Waals surface area contributed by atoms with E-state index in [1.807, 2.05) is 0 Å². The maximum absolute atomic E-state index is 11.5. The third-order valence-electron chi connectivity index (χ3n) is 2.34. The van der Waals surface area contributed by atoms with E-state index in [1.54, 1.807) is 18.2 Å². The van der Waals surface area contributed by atoms with Crippen molar-refractivity contribution in [1.29, 1.82) is 0 Å². The average Bonchev–Trinajstić information content (AvgIpc) is 2.22. The molecule has 0 saturated heterocycles. The Kier molecular flexibility index (Phi) is 1.72. The van der Waals surface area contributed by atoms with E-state index in [0.29, 0.717) is 17.0 Å². The van der Waals surface area contributed by atoms with Crippen LogP contribution >= 0.6 is 11.6 Å². The normalized spacial score (nSPS) is 26.2. The zero-order valence-electron chi connectivity index (χ0n) is 7.17. The molecule has 3 heteroatoms. The molecule has 1 aliphatic rings. The smallest absolute Gasteiger partial charge is 0.194 e. The zero-order valence-corrected chi connectivity index (χ0v) is 7.93. The lowest BCUT2D eigenvalue weighted by Crippen LogP contribution is -2.31. The van der Waals surface area contributed by atoms with Gasteiger partial charge in [0, 0.05) is 17.0 Å². The summed E-state index contributed by atoms with van der Waals surface area (Å²) < 4.78 is 0. The molecule has 0 amide bonds. The lowest BCUT2D eigenvalue weighted by atomic mass is 10.0. The van der Waals surface area contributed by atoms with E-state index in [2.05, 4.69) is 0 Å². The van der Waals surface area contributed by atoms with Crippen molar-refractivity contribution in [2.24, 2.45) is 0 Å². The lowest BCUT2D eigenvalue weighted by Gasteiger charge is -2.11. The van der Waals surface area contributed by atoms with Crippen molar-refractivity contribution in [2.45, 2.75) is 18.9 Å². The number of carbonyl (C=O) groups is 1. The minimum Gasteiger partial charge on any atom is -0.382 e. The fourth-order valence-electron chi connectivity index (χ4n) is 1.67. The van der Waals surface area contributed by atoms with Crippen LogP contribution < -0.4 is 0 Å². The number of ketones is 1. The Labute approximate surface area is 81.1 Å². The minimum absolute atomic E-state index is 0.209. The molecule has 0 spiro atoms. The van der Waals surface area contributed by atoms with Crippen molar-refractivity contribution in [3.8, 4) is 0 Å². The fraction of sp³-hybridized carbons (Fsp3) is 0.300. The van der Waals surface area contributed by atoms with Crippen LogP contribution in [-0.4, -0.2) is 16.5 Å². The number of hydrogen-bond acceptors (Lipinski definition) is 2. The molecule has 0 bridgehead atoms. The van der Waals surface area contributed by atoms with Gasteiger partial charge in [-0.3, -0.25) is 4.79 Å². The molecule has 0 fully saturated rings. The number of fused-ring (bicyclic) bond motifs is 1. The average molecular weight is 197 g/mol. The summed E-state index contributed by atoms with van der Waals surface area (Å²) in [6.45, 7) is 1.53. The van der Waals surface area contributed by atoms with E-state index in [1.165, 1.54) is 6.92 Å². The molecule has 68 valence electrons. The number of rotatable bonds is 0. The second-order valence-electron chi connectivity index (χ2n) is 3.58. The predicted molar refractivity (Wildman–Crippen MR) is 50.1 cm³/mol. The summed E-state index contributed by atoms with van der Waals surface area (Å²) in [6, 6.07) is 5.07. The van der Waals surface area contributed by atoms with Gasteiger partial charge in [0.1, 0.15) is 5.60 Å². The van der Waals surface area contributed by atoms with Crippen molar-refractivity contribution >= 4 is 17.4 Å². The molecule has 2 nitrogen and oxygen atoms in total. The summed E-state index contributed by atoms with van der Waals surface area (Å²) in [4.78, 5) is 11.5. The molecule has 1 aliphatic carbocycles. The van der Waals surface area contributed by atoms with Crippen LogP contribution in [0.25, 0.3) is 0 Å². The summed E-state index contributed by atoms with van der Waals surface area (Å²) in [5.41, 5.74) is 0.185. The van der Waals surface area contributed by atoms with Crippen LogP contribution in [0.5, 0.6) is 0 Å². The first-order chi connectivity index (χ1) is 6.00. The molecule has 1 aromatic rings. The zero-order chi connectivity index (χ0) is 9.64. The quantitative estimate of drug-likeness (QED) is 0.688. The molecular weight excluding hydrogens is 188 g/mol. The van der Waals surface area contributed by atoms with Crippen LogP contribution in [0, 0.1) is 0 Å². The van der Waals surface area contributed by atoms with Crippen molar-refractivity contribution in [1.82, 2.24) is 0 Å². The lowest BCUT2D eigenvalue weighted by molar-refractivity contribution is 0.0461. The largest absolute Gasteiger partial charge is 0.382 e. The first-order valence-electron chi connectivity index (χ1n) is 4.06. The molecule has 0 saturated carbocycles. The highest BCUT2D eigenvalue weighted by Gasteiger charge is 2.39. The Morgan fingerprint density at radius 1 is 1.54 bits per heavy atom. The molecule has 1 atom stereocenters. The molecule has 0 radical (unpaired) electrons. The number of aliphatic hydroxyl groups is 1. The van der Waals surface area contributed by atoms with E-state index < -0.39 is 5.60 Å². The van der Waals surface area contributed by atoms with E-state index in [9.17, 15) is 9.90 Å². The number of carbonyl (C=O) groups excluding carboxylic acids is 1. The Bertz CT molecular complexity index is 383. The second kappa shape index (κ2) is 2.56. The van der Waals surface area contributed by atoms with Gasteiger partial charge in [0.2, 0.25) is 0 Å². The van der Waals surface area contributed by atoms with Crippen LogP contribution in [0.4, 0.5) is 0 Å². The van der Waals surface area contributed by atoms with Gasteiger partial charge in [-0.15, -0.1) is 0 Å². The second-order valence-corrected chi connectivity index (χ2v) is 4.02. The Hall–Kier alpha value is -0.860. The van der Waals surface area contributed by atoms with Crippen LogP contribution in [0.2, 0.25) is 5.02 Å². The van der Waals surface area contributed by atoms with Crippen LogP contribution in [-0.2, 0) is 6.42 Å². The molecular formula is C10H9ClO2. The Balaban J connectivity index is 2.57. The van der Waals surface area contributed by atoms with E-state index >= 15 is 0 Å². The molecule has 0 aromatic heterocycles. The monoisotopic (exact) mass is 196 g/mol. The maximum atomic E-state index is 11.5. The van der Waals surface area contributed by atoms with Crippen molar-refractivity contribution < 1.29 is 9.90 Å². The highest BCUT2D eigenvalue weighted by molar-refractivity contribution is 6.30. The summed E-state index contributed by atoms with van der Waals surface area (Å²) >= 11 is 5.77. The Morgan fingerprint density at radius 2 is 2.23 bits per heavy atom. The topological polar surface area (TPSA) is 37.3 Å². The maximum Gasteiger partial charge on any atom is 0.194 e. The Morgan fingerprint density at radius 3 is 2.92 bits per heavy atom. The summed E-state index contributed by atoms with van der Waals surface area (Å²) in [5.74, 6) is -0.209. The van der Waals surface area contributed by atoms with Crippen LogP contribution in [0.3, 0.4) is 0 Å². The molecule has 13 heavy (non-hydrogen) atoms. The van der Waals surface area contributed by atoms with Crippen molar-refractivity contribution in [3.05, 3.63) is 34.3 Å². The predicted octanol–water partition coefficient (Wildman–Crippen LogP) is 1.83. The number of hydrogen-bond donors (Lipinski definition) is 1. The molecule has 0 aliphatic heterocycles. The van der Waals surface area contributed by atoms with Gasteiger partial charge in [0.25, 0.3) is 0 Å². The fourth-order valence-corrected chi connectivity index (χ4v) is 1.87. The van der Waals surface area contributed by atoms with Gasteiger partial charge in [-0.25, -0.2) is 0 Å². The molecule has 0 unspecified atom stereocenters. The third-order valence-corrected chi connectivity index (χ3v) is 2.57. The van der Waals surface area contributed by atoms with Crippen molar-refractivity contribution in [3.63, 3.8) is 0 Å². The molecule has 1 N–H and O–H groups in total. The highest BCUT2D eigenvalue weighted by Crippen LogP contribution is 2.31. The molecule has 2 rings (SSSR count). The van der Waals surface area contributed by atoms with E-state index in [0.717, 1.165) is 5.56 Å². The van der Waals surface area contributed by atoms with E-state index in [-0.39, 0.29) is 5.78 Å². The molecule has 0 heterocycles. The van der Waals surface area contributed by atoms with Gasteiger partial charge >= 0.3 is 0 Å². The minimum atomic E-state index is -1.24. The number of benzene rings is 1. The third kappa shape index (κ3) is 1.26. The number of halogens is 1. The standard InChI is InChI=1S/C10H9ClO2/c1-10(13)5-6-4-7(11)2-3-8(6)9(10)12/h2-4,13H,5H2,1H3/t10-/m0/s1. The first kappa shape index (κ1) is 8.73. The van der Waals surface area contributed by atoms with Crippen molar-refractivity contribution in [2.75, 3.05) is 0 Å².